The highest BCUT2D eigenvalue weighted by Gasteiger charge is 2.14. The molecule has 0 amide bonds. The SMILES string of the molecule is CC(Nc1ccc2c(c1)OCO2)c1ccc(F)cc1. The molecule has 1 heterocycles. The van der Waals surface area contributed by atoms with Crippen LogP contribution in [0.1, 0.15) is 18.5 Å². The molecule has 1 N–H and O–H groups in total. The van der Waals surface area contributed by atoms with Crippen molar-refractivity contribution in [2.75, 3.05) is 12.1 Å². The van der Waals surface area contributed by atoms with Gasteiger partial charge in [0.05, 0.1) is 0 Å². The maximum atomic E-state index is 12.9. The van der Waals surface area contributed by atoms with Gasteiger partial charge in [-0.05, 0) is 36.8 Å². The number of ether oxygens (including phenoxy) is 2. The molecule has 0 aliphatic carbocycles. The van der Waals surface area contributed by atoms with Gasteiger partial charge in [0.1, 0.15) is 5.82 Å². The average molecular weight is 259 g/mol. The summed E-state index contributed by atoms with van der Waals surface area (Å²) >= 11 is 0. The zero-order valence-corrected chi connectivity index (χ0v) is 10.5. The second-order valence-electron chi connectivity index (χ2n) is 4.49. The van der Waals surface area contributed by atoms with Gasteiger partial charge < -0.3 is 14.8 Å². The van der Waals surface area contributed by atoms with Crippen LogP contribution in [-0.4, -0.2) is 6.79 Å². The summed E-state index contributed by atoms with van der Waals surface area (Å²) in [6.45, 7) is 2.30. The minimum Gasteiger partial charge on any atom is -0.454 e. The summed E-state index contributed by atoms with van der Waals surface area (Å²) in [6, 6.07) is 12.3. The highest BCUT2D eigenvalue weighted by molar-refractivity contribution is 5.56. The Morgan fingerprint density at radius 1 is 1.05 bits per heavy atom. The van der Waals surface area contributed by atoms with E-state index in [0.29, 0.717) is 0 Å². The Kier molecular flexibility index (Phi) is 2.99. The summed E-state index contributed by atoms with van der Waals surface area (Å²) in [5, 5.41) is 3.35. The van der Waals surface area contributed by atoms with E-state index >= 15 is 0 Å². The van der Waals surface area contributed by atoms with Gasteiger partial charge >= 0.3 is 0 Å². The molecule has 0 spiro atoms. The Bertz CT molecular complexity index is 583. The summed E-state index contributed by atoms with van der Waals surface area (Å²) < 4.78 is 23.5. The number of halogens is 1. The first-order valence-electron chi connectivity index (χ1n) is 6.14. The van der Waals surface area contributed by atoms with Crippen LogP contribution in [0.4, 0.5) is 10.1 Å². The molecule has 0 saturated heterocycles. The minimum absolute atomic E-state index is 0.0842. The second kappa shape index (κ2) is 4.80. The molecule has 1 atom stereocenters. The van der Waals surface area contributed by atoms with E-state index in [1.807, 2.05) is 25.1 Å². The van der Waals surface area contributed by atoms with Crippen LogP contribution in [0.25, 0.3) is 0 Å². The summed E-state index contributed by atoms with van der Waals surface area (Å²) in [7, 11) is 0. The lowest BCUT2D eigenvalue weighted by Crippen LogP contribution is -2.06. The van der Waals surface area contributed by atoms with Gasteiger partial charge in [-0.3, -0.25) is 0 Å². The minimum atomic E-state index is -0.223. The number of fused-ring (bicyclic) bond motifs is 1. The topological polar surface area (TPSA) is 30.5 Å². The standard InChI is InChI=1S/C15H14FNO2/c1-10(11-2-4-12(16)5-3-11)17-13-6-7-14-15(8-13)19-9-18-14/h2-8,10,17H,9H2,1H3. The molecule has 0 aromatic heterocycles. The molecule has 1 unspecified atom stereocenters. The van der Waals surface area contributed by atoms with E-state index in [0.717, 1.165) is 22.7 Å². The predicted molar refractivity (Wildman–Crippen MR) is 71.0 cm³/mol. The van der Waals surface area contributed by atoms with E-state index in [2.05, 4.69) is 5.32 Å². The third-order valence-corrected chi connectivity index (χ3v) is 3.13. The molecule has 0 bridgehead atoms. The first kappa shape index (κ1) is 11.8. The van der Waals surface area contributed by atoms with Gasteiger partial charge in [0.15, 0.2) is 11.5 Å². The molecule has 2 aromatic rings. The summed E-state index contributed by atoms with van der Waals surface area (Å²) in [5.74, 6) is 1.29. The van der Waals surface area contributed by atoms with Crippen LogP contribution in [0.5, 0.6) is 11.5 Å². The Labute approximate surface area is 111 Å². The second-order valence-corrected chi connectivity index (χ2v) is 4.49. The number of hydrogen-bond donors (Lipinski definition) is 1. The molecule has 0 saturated carbocycles. The van der Waals surface area contributed by atoms with Crippen molar-refractivity contribution in [1.82, 2.24) is 0 Å². The van der Waals surface area contributed by atoms with E-state index in [1.54, 1.807) is 12.1 Å². The van der Waals surface area contributed by atoms with Gasteiger partial charge in [0, 0.05) is 17.8 Å². The van der Waals surface area contributed by atoms with E-state index in [4.69, 9.17) is 9.47 Å². The van der Waals surface area contributed by atoms with E-state index in [9.17, 15) is 4.39 Å². The molecule has 4 heteroatoms. The van der Waals surface area contributed by atoms with Crippen molar-refractivity contribution in [3.63, 3.8) is 0 Å². The molecule has 3 rings (SSSR count). The van der Waals surface area contributed by atoms with Crippen molar-refractivity contribution in [2.45, 2.75) is 13.0 Å². The van der Waals surface area contributed by atoms with Gasteiger partial charge in [0.2, 0.25) is 6.79 Å². The lowest BCUT2D eigenvalue weighted by molar-refractivity contribution is 0.174. The van der Waals surface area contributed by atoms with Crippen molar-refractivity contribution >= 4 is 5.69 Å². The highest BCUT2D eigenvalue weighted by Crippen LogP contribution is 2.35. The number of nitrogens with one attached hydrogen (secondary N) is 1. The zero-order chi connectivity index (χ0) is 13.2. The molecule has 1 aliphatic rings. The van der Waals surface area contributed by atoms with Crippen LogP contribution < -0.4 is 14.8 Å². The van der Waals surface area contributed by atoms with Crippen LogP contribution in [0, 0.1) is 5.82 Å². The molecule has 1 aliphatic heterocycles. The van der Waals surface area contributed by atoms with Crippen LogP contribution in [0.15, 0.2) is 42.5 Å². The van der Waals surface area contributed by atoms with Gasteiger partial charge in [-0.15, -0.1) is 0 Å². The quantitative estimate of drug-likeness (QED) is 0.911. The molecular formula is C15H14FNO2. The van der Waals surface area contributed by atoms with E-state index in [-0.39, 0.29) is 18.7 Å². The fourth-order valence-electron chi connectivity index (χ4n) is 2.07. The number of benzene rings is 2. The normalized spacial score (nSPS) is 14.2. The Morgan fingerprint density at radius 2 is 1.79 bits per heavy atom. The molecule has 2 aromatic carbocycles. The van der Waals surface area contributed by atoms with Crippen molar-refractivity contribution in [3.05, 3.63) is 53.8 Å². The Morgan fingerprint density at radius 3 is 2.58 bits per heavy atom. The smallest absolute Gasteiger partial charge is 0.231 e. The largest absolute Gasteiger partial charge is 0.454 e. The fraction of sp³-hybridized carbons (Fsp3) is 0.200. The van der Waals surface area contributed by atoms with Crippen LogP contribution in [0.3, 0.4) is 0 Å². The summed E-state index contributed by atoms with van der Waals surface area (Å²) in [5.41, 5.74) is 1.97. The predicted octanol–water partition coefficient (Wildman–Crippen LogP) is 3.73. The average Bonchev–Trinajstić information content (AvgIpc) is 2.87. The van der Waals surface area contributed by atoms with Crippen molar-refractivity contribution in [3.8, 4) is 11.5 Å². The van der Waals surface area contributed by atoms with Crippen molar-refractivity contribution < 1.29 is 13.9 Å². The van der Waals surface area contributed by atoms with E-state index < -0.39 is 0 Å². The van der Waals surface area contributed by atoms with Gasteiger partial charge in [-0.2, -0.15) is 0 Å². The van der Waals surface area contributed by atoms with E-state index in [1.165, 1.54) is 12.1 Å². The van der Waals surface area contributed by atoms with Crippen molar-refractivity contribution in [1.29, 1.82) is 0 Å². The van der Waals surface area contributed by atoms with Crippen molar-refractivity contribution in [2.24, 2.45) is 0 Å². The Hall–Kier alpha value is -2.23. The Balaban J connectivity index is 1.75. The van der Waals surface area contributed by atoms with Crippen LogP contribution in [-0.2, 0) is 0 Å². The lowest BCUT2D eigenvalue weighted by Gasteiger charge is -2.16. The third-order valence-electron chi connectivity index (χ3n) is 3.13. The molecule has 3 nitrogen and oxygen atoms in total. The third kappa shape index (κ3) is 2.47. The molecule has 19 heavy (non-hydrogen) atoms. The number of hydrogen-bond acceptors (Lipinski definition) is 3. The molecule has 0 radical (unpaired) electrons. The monoisotopic (exact) mass is 259 g/mol. The van der Waals surface area contributed by atoms with Crippen LogP contribution >= 0.6 is 0 Å². The summed E-state index contributed by atoms with van der Waals surface area (Å²) in [4.78, 5) is 0. The van der Waals surface area contributed by atoms with Gasteiger partial charge in [0.25, 0.3) is 0 Å². The number of rotatable bonds is 3. The van der Waals surface area contributed by atoms with Gasteiger partial charge in [-0.25, -0.2) is 4.39 Å². The maximum Gasteiger partial charge on any atom is 0.231 e. The lowest BCUT2D eigenvalue weighted by atomic mass is 10.1. The zero-order valence-electron chi connectivity index (χ0n) is 10.5. The first-order chi connectivity index (χ1) is 9.22. The van der Waals surface area contributed by atoms with Crippen LogP contribution in [0.2, 0.25) is 0 Å². The fourth-order valence-corrected chi connectivity index (χ4v) is 2.07. The molecule has 0 fully saturated rings. The summed E-state index contributed by atoms with van der Waals surface area (Å²) in [6.07, 6.45) is 0. The first-order valence-corrected chi connectivity index (χ1v) is 6.14. The van der Waals surface area contributed by atoms with Gasteiger partial charge in [-0.1, -0.05) is 12.1 Å². The maximum absolute atomic E-state index is 12.9. The molecule has 98 valence electrons. The highest BCUT2D eigenvalue weighted by atomic mass is 19.1. The number of anilines is 1. The molecular weight excluding hydrogens is 245 g/mol.